The van der Waals surface area contributed by atoms with E-state index in [4.69, 9.17) is 25.5 Å². The maximum Gasteiger partial charge on any atom is 0.154 e. The van der Waals surface area contributed by atoms with E-state index in [0.717, 1.165) is 52.3 Å². The van der Waals surface area contributed by atoms with Gasteiger partial charge in [-0.1, -0.05) is 44.2 Å². The number of benzene rings is 2. The van der Waals surface area contributed by atoms with Gasteiger partial charge in [-0.3, -0.25) is 4.79 Å². The largest absolute Gasteiger partial charge is 0.400 e. The molecule has 0 saturated carbocycles. The number of fused-ring (bicyclic) bond motifs is 3. The van der Waals surface area contributed by atoms with E-state index in [0.29, 0.717) is 37.5 Å². The van der Waals surface area contributed by atoms with Crippen LogP contribution < -0.4 is 11.1 Å². The summed E-state index contributed by atoms with van der Waals surface area (Å²) in [7, 11) is 4.52. The summed E-state index contributed by atoms with van der Waals surface area (Å²) in [6.07, 6.45) is 1.52. The van der Waals surface area contributed by atoms with Crippen LogP contribution in [0, 0.1) is 0 Å². The third kappa shape index (κ3) is 5.77. The van der Waals surface area contributed by atoms with Crippen molar-refractivity contribution in [2.45, 2.75) is 33.4 Å². The molecule has 0 spiro atoms. The number of carbonyl (C=O) groups excluding carboxylic acids is 1. The molecule has 0 saturated heterocycles. The number of hydrogen-bond acceptors (Lipinski definition) is 7. The van der Waals surface area contributed by atoms with E-state index in [1.165, 1.54) is 0 Å². The number of rotatable bonds is 8. The Hall–Kier alpha value is -3.33. The van der Waals surface area contributed by atoms with Crippen molar-refractivity contribution in [3.8, 4) is 0 Å². The van der Waals surface area contributed by atoms with Gasteiger partial charge < -0.3 is 25.5 Å². The third-order valence-electron chi connectivity index (χ3n) is 5.28. The van der Waals surface area contributed by atoms with Gasteiger partial charge in [0.25, 0.3) is 0 Å². The Bertz CT molecular complexity index is 1200. The standard InChI is InChI=1S/C23H25N5O2.C2H6.CH4O/c1-25-23-21-22(18-8-7-17(14-29)11-19(18)26-23)28(20(27-21)9-10-30-2)13-16-5-3-15(12-24)4-6-16;2*1-2/h3-8,11,14H,9-10,12-13,24H2,1-2H3,(H,25,26);1-2H3;2H,1H3. The zero-order valence-corrected chi connectivity index (χ0v) is 20.6. The zero-order chi connectivity index (χ0) is 25.1. The predicted molar refractivity (Wildman–Crippen MR) is 138 cm³/mol. The third-order valence-corrected chi connectivity index (χ3v) is 5.28. The lowest BCUT2D eigenvalue weighted by Crippen LogP contribution is -2.08. The average Bonchev–Trinajstić information content (AvgIpc) is 3.27. The van der Waals surface area contributed by atoms with Crippen molar-refractivity contribution < 1.29 is 14.6 Å². The van der Waals surface area contributed by atoms with Crippen molar-refractivity contribution in [3.63, 3.8) is 0 Å². The van der Waals surface area contributed by atoms with Crippen molar-refractivity contribution in [1.29, 1.82) is 0 Å². The molecule has 0 unspecified atom stereocenters. The number of methoxy groups -OCH3 is 1. The van der Waals surface area contributed by atoms with Crippen LogP contribution in [0.3, 0.4) is 0 Å². The van der Waals surface area contributed by atoms with Gasteiger partial charge in [0, 0.05) is 51.7 Å². The van der Waals surface area contributed by atoms with Crippen LogP contribution in [0.15, 0.2) is 42.5 Å². The minimum atomic E-state index is 0.522. The van der Waals surface area contributed by atoms with Crippen LogP contribution in [-0.2, 0) is 24.2 Å². The molecule has 0 bridgehead atoms. The summed E-state index contributed by atoms with van der Waals surface area (Å²) in [4.78, 5) is 20.9. The van der Waals surface area contributed by atoms with E-state index in [1.807, 2.05) is 39.1 Å². The highest BCUT2D eigenvalue weighted by Crippen LogP contribution is 2.31. The van der Waals surface area contributed by atoms with Gasteiger partial charge in [-0.25, -0.2) is 9.97 Å². The first-order valence-electron chi connectivity index (χ1n) is 11.4. The van der Waals surface area contributed by atoms with Crippen LogP contribution in [0.25, 0.3) is 21.9 Å². The number of hydrogen-bond donors (Lipinski definition) is 3. The number of aliphatic hydroxyl groups excluding tert-OH is 1. The van der Waals surface area contributed by atoms with E-state index in [1.54, 1.807) is 7.11 Å². The molecular formula is C26H35N5O3. The van der Waals surface area contributed by atoms with Gasteiger partial charge in [-0.2, -0.15) is 0 Å². The fraction of sp³-hybridized carbons (Fsp3) is 0.346. The molecule has 4 aromatic rings. The molecule has 2 heterocycles. The number of ether oxygens (including phenoxy) is 1. The second-order valence-corrected chi connectivity index (χ2v) is 7.18. The molecule has 34 heavy (non-hydrogen) atoms. The number of pyridine rings is 1. The van der Waals surface area contributed by atoms with E-state index in [2.05, 4.69) is 34.1 Å². The maximum atomic E-state index is 11.3. The molecule has 4 N–H and O–H groups in total. The summed E-state index contributed by atoms with van der Waals surface area (Å²) in [5.74, 6) is 1.62. The zero-order valence-electron chi connectivity index (χ0n) is 20.6. The Balaban J connectivity index is 0.000000970. The van der Waals surface area contributed by atoms with Crippen LogP contribution in [0.5, 0.6) is 0 Å². The topological polar surface area (TPSA) is 115 Å². The van der Waals surface area contributed by atoms with Crippen molar-refractivity contribution in [1.82, 2.24) is 14.5 Å². The van der Waals surface area contributed by atoms with E-state index in [9.17, 15) is 4.79 Å². The number of imidazole rings is 1. The van der Waals surface area contributed by atoms with Gasteiger partial charge in [0.2, 0.25) is 0 Å². The Labute approximate surface area is 200 Å². The molecule has 2 aromatic carbocycles. The Kier molecular flexibility index (Phi) is 10.6. The lowest BCUT2D eigenvalue weighted by atomic mass is 10.1. The number of nitrogens with zero attached hydrogens (tertiary/aromatic N) is 3. The highest BCUT2D eigenvalue weighted by atomic mass is 16.5. The normalized spacial score (nSPS) is 10.3. The van der Waals surface area contributed by atoms with Crippen LogP contribution in [-0.4, -0.2) is 53.8 Å². The lowest BCUT2D eigenvalue weighted by Gasteiger charge is -2.12. The number of nitrogens with one attached hydrogen (secondary N) is 1. The monoisotopic (exact) mass is 465 g/mol. The molecule has 0 amide bonds. The van der Waals surface area contributed by atoms with Crippen LogP contribution in [0.1, 0.15) is 41.2 Å². The van der Waals surface area contributed by atoms with Gasteiger partial charge in [0.15, 0.2) is 5.82 Å². The average molecular weight is 466 g/mol. The highest BCUT2D eigenvalue weighted by Gasteiger charge is 2.18. The smallest absolute Gasteiger partial charge is 0.154 e. The molecule has 182 valence electrons. The van der Waals surface area contributed by atoms with Gasteiger partial charge in [-0.05, 0) is 23.3 Å². The first kappa shape index (κ1) is 26.9. The molecule has 8 nitrogen and oxygen atoms in total. The molecule has 0 fully saturated rings. The highest BCUT2D eigenvalue weighted by molar-refractivity contribution is 6.08. The number of anilines is 1. The van der Waals surface area contributed by atoms with Crippen molar-refractivity contribution in [3.05, 3.63) is 65.0 Å². The minimum Gasteiger partial charge on any atom is -0.400 e. The summed E-state index contributed by atoms with van der Waals surface area (Å²) in [5, 5.41) is 11.1. The number of aromatic nitrogens is 3. The van der Waals surface area contributed by atoms with E-state index >= 15 is 0 Å². The van der Waals surface area contributed by atoms with Crippen LogP contribution in [0.4, 0.5) is 5.82 Å². The van der Waals surface area contributed by atoms with Crippen LogP contribution >= 0.6 is 0 Å². The van der Waals surface area contributed by atoms with Gasteiger partial charge in [0.1, 0.15) is 17.6 Å². The molecule has 4 rings (SSSR count). The summed E-state index contributed by atoms with van der Waals surface area (Å²) in [6.45, 7) is 5.76. The van der Waals surface area contributed by atoms with Gasteiger partial charge >= 0.3 is 0 Å². The van der Waals surface area contributed by atoms with Crippen molar-refractivity contribution >= 4 is 34.0 Å². The first-order chi connectivity index (χ1) is 16.7. The fourth-order valence-electron chi connectivity index (χ4n) is 3.72. The minimum absolute atomic E-state index is 0.522. The molecular weight excluding hydrogens is 430 g/mol. The second kappa shape index (κ2) is 13.4. The summed E-state index contributed by atoms with van der Waals surface area (Å²) >= 11 is 0. The van der Waals surface area contributed by atoms with Crippen molar-refractivity contribution in [2.75, 3.05) is 33.2 Å². The molecule has 0 aliphatic rings. The number of aldehydes is 1. The Morgan fingerprint density at radius 1 is 1.09 bits per heavy atom. The number of carbonyl (C=O) groups is 1. The van der Waals surface area contributed by atoms with E-state index < -0.39 is 0 Å². The SMILES string of the molecule is CC.CNc1nc2cc(C=O)ccc2c2c1nc(CCOC)n2Cc1ccc(CN)cc1.CO. The second-order valence-electron chi connectivity index (χ2n) is 7.18. The lowest BCUT2D eigenvalue weighted by molar-refractivity contribution is 0.112. The molecule has 8 heteroatoms. The number of aliphatic hydroxyl groups is 1. The molecule has 0 atom stereocenters. The summed E-state index contributed by atoms with van der Waals surface area (Å²) in [5.41, 5.74) is 11.2. The first-order valence-corrected chi connectivity index (χ1v) is 11.4. The molecule has 2 aromatic heterocycles. The number of nitrogens with two attached hydrogens (primary N) is 1. The Morgan fingerprint density at radius 3 is 2.35 bits per heavy atom. The summed E-state index contributed by atoms with van der Waals surface area (Å²) in [6, 6.07) is 13.9. The molecule has 0 radical (unpaired) electrons. The fourth-order valence-corrected chi connectivity index (χ4v) is 3.72. The quantitative estimate of drug-likeness (QED) is 0.339. The Morgan fingerprint density at radius 2 is 1.76 bits per heavy atom. The molecule has 0 aliphatic carbocycles. The predicted octanol–water partition coefficient (Wildman–Crippen LogP) is 3.77. The van der Waals surface area contributed by atoms with Crippen molar-refractivity contribution in [2.24, 2.45) is 5.73 Å². The maximum absolute atomic E-state index is 11.3. The molecule has 0 aliphatic heterocycles. The van der Waals surface area contributed by atoms with E-state index in [-0.39, 0.29) is 0 Å². The van der Waals surface area contributed by atoms with Crippen LogP contribution in [0.2, 0.25) is 0 Å². The summed E-state index contributed by atoms with van der Waals surface area (Å²) < 4.78 is 7.53. The van der Waals surface area contributed by atoms with Gasteiger partial charge in [-0.15, -0.1) is 0 Å². The van der Waals surface area contributed by atoms with Gasteiger partial charge in [0.05, 0.1) is 17.6 Å².